The molecule has 2 heterocycles. The summed E-state index contributed by atoms with van der Waals surface area (Å²) < 4.78 is 6.79. The van der Waals surface area contributed by atoms with Crippen molar-refractivity contribution in [2.75, 3.05) is 7.11 Å². The lowest BCUT2D eigenvalue weighted by Crippen LogP contribution is -1.95. The van der Waals surface area contributed by atoms with Gasteiger partial charge >= 0.3 is 0 Å². The monoisotopic (exact) mass is 260 g/mol. The summed E-state index contributed by atoms with van der Waals surface area (Å²) in [6.07, 6.45) is 0. The molecule has 3 aromatic rings. The van der Waals surface area contributed by atoms with Gasteiger partial charge in [0.1, 0.15) is 10.9 Å². The molecule has 18 heavy (non-hydrogen) atoms. The molecule has 0 amide bonds. The third-order valence-electron chi connectivity index (χ3n) is 2.56. The van der Waals surface area contributed by atoms with Gasteiger partial charge in [-0.25, -0.2) is 0 Å². The first-order valence-corrected chi connectivity index (χ1v) is 5.68. The molecule has 0 N–H and O–H groups in total. The molecule has 0 unspecified atom stereocenters. The number of ether oxygens (including phenoxy) is 1. The Kier molecular flexibility index (Phi) is 2.60. The molecule has 2 aromatic heterocycles. The molecular weight excluding hydrogens is 252 g/mol. The molecule has 0 saturated heterocycles. The van der Waals surface area contributed by atoms with Crippen LogP contribution in [0.1, 0.15) is 0 Å². The molecule has 0 atom stereocenters. The Balaban J connectivity index is 2.21. The highest BCUT2D eigenvalue weighted by molar-refractivity contribution is 6.29. The van der Waals surface area contributed by atoms with Crippen molar-refractivity contribution in [1.29, 1.82) is 0 Å². The molecule has 0 bridgehead atoms. The van der Waals surface area contributed by atoms with Gasteiger partial charge < -0.3 is 4.74 Å². The average molecular weight is 261 g/mol. The number of methoxy groups -OCH3 is 1. The molecule has 0 spiro atoms. The maximum absolute atomic E-state index is 5.88. The lowest BCUT2D eigenvalue weighted by atomic mass is 10.2. The summed E-state index contributed by atoms with van der Waals surface area (Å²) in [5, 5.41) is 12.7. The second-order valence-corrected chi connectivity index (χ2v) is 4.07. The lowest BCUT2D eigenvalue weighted by molar-refractivity contribution is 0.415. The molecule has 0 saturated carbocycles. The number of hydrogen-bond acceptors (Lipinski definition) is 4. The van der Waals surface area contributed by atoms with Crippen LogP contribution in [0.3, 0.4) is 0 Å². The minimum atomic E-state index is 0.395. The van der Waals surface area contributed by atoms with Crippen LogP contribution >= 0.6 is 11.6 Å². The summed E-state index contributed by atoms with van der Waals surface area (Å²) in [5.41, 5.74) is 1.52. The molecule has 5 nitrogen and oxygen atoms in total. The molecule has 0 aliphatic heterocycles. The highest BCUT2D eigenvalue weighted by Gasteiger charge is 2.10. The van der Waals surface area contributed by atoms with Crippen molar-refractivity contribution in [2.24, 2.45) is 0 Å². The number of halogens is 1. The van der Waals surface area contributed by atoms with Crippen LogP contribution in [0.25, 0.3) is 17.0 Å². The molecule has 6 heteroatoms. The normalized spacial score (nSPS) is 10.8. The number of fused-ring (bicyclic) bond motifs is 1. The first-order chi connectivity index (χ1) is 8.78. The van der Waals surface area contributed by atoms with E-state index in [0.717, 1.165) is 11.3 Å². The first-order valence-electron chi connectivity index (χ1n) is 5.30. The fourth-order valence-electron chi connectivity index (χ4n) is 1.71. The van der Waals surface area contributed by atoms with Crippen molar-refractivity contribution < 1.29 is 4.74 Å². The van der Waals surface area contributed by atoms with E-state index in [1.165, 1.54) is 0 Å². The summed E-state index contributed by atoms with van der Waals surface area (Å²) >= 11 is 5.88. The van der Waals surface area contributed by atoms with E-state index in [1.54, 1.807) is 23.8 Å². The Bertz CT molecular complexity index is 710. The van der Waals surface area contributed by atoms with E-state index in [0.29, 0.717) is 16.6 Å². The number of aromatic nitrogens is 4. The van der Waals surface area contributed by atoms with E-state index in [1.807, 2.05) is 24.3 Å². The maximum atomic E-state index is 5.88. The predicted molar refractivity (Wildman–Crippen MR) is 67.8 cm³/mol. The van der Waals surface area contributed by atoms with Crippen LogP contribution in [-0.4, -0.2) is 26.9 Å². The number of nitrogens with zero attached hydrogens (tertiary/aromatic N) is 4. The van der Waals surface area contributed by atoms with Crippen LogP contribution in [0.15, 0.2) is 36.4 Å². The van der Waals surface area contributed by atoms with Gasteiger partial charge in [-0.2, -0.15) is 9.61 Å². The van der Waals surface area contributed by atoms with E-state index < -0.39 is 0 Å². The Morgan fingerprint density at radius 3 is 2.89 bits per heavy atom. The zero-order valence-corrected chi connectivity index (χ0v) is 10.3. The van der Waals surface area contributed by atoms with Crippen LogP contribution in [0, 0.1) is 0 Å². The molecular formula is C12H9ClN4O. The number of rotatable bonds is 2. The Labute approximate surface area is 108 Å². The summed E-state index contributed by atoms with van der Waals surface area (Å²) in [7, 11) is 1.62. The van der Waals surface area contributed by atoms with Gasteiger partial charge in [-0.1, -0.05) is 23.7 Å². The molecule has 90 valence electrons. The van der Waals surface area contributed by atoms with Crippen molar-refractivity contribution >= 4 is 17.2 Å². The van der Waals surface area contributed by atoms with Gasteiger partial charge in [0.15, 0.2) is 11.5 Å². The van der Waals surface area contributed by atoms with E-state index in [2.05, 4.69) is 15.3 Å². The second-order valence-electron chi connectivity index (χ2n) is 3.68. The van der Waals surface area contributed by atoms with Gasteiger partial charge in [-0.05, 0) is 24.3 Å². The second kappa shape index (κ2) is 4.27. The zero-order chi connectivity index (χ0) is 12.5. The Hall–Kier alpha value is -2.14. The van der Waals surface area contributed by atoms with Gasteiger partial charge in [0.2, 0.25) is 0 Å². The van der Waals surface area contributed by atoms with Crippen LogP contribution in [-0.2, 0) is 0 Å². The van der Waals surface area contributed by atoms with Gasteiger partial charge in [0.05, 0.1) is 7.11 Å². The zero-order valence-electron chi connectivity index (χ0n) is 9.54. The minimum absolute atomic E-state index is 0.395. The van der Waals surface area contributed by atoms with E-state index in [9.17, 15) is 0 Å². The third-order valence-corrected chi connectivity index (χ3v) is 2.76. The van der Waals surface area contributed by atoms with Crippen molar-refractivity contribution in [3.63, 3.8) is 0 Å². The fraction of sp³-hybridized carbons (Fsp3) is 0.0833. The maximum Gasteiger partial charge on any atom is 0.185 e. The van der Waals surface area contributed by atoms with Gasteiger partial charge in [0.25, 0.3) is 0 Å². The Morgan fingerprint density at radius 2 is 2.06 bits per heavy atom. The quantitative estimate of drug-likeness (QED) is 0.710. The van der Waals surface area contributed by atoms with Crippen LogP contribution in [0.2, 0.25) is 5.15 Å². The molecule has 0 aliphatic rings. The van der Waals surface area contributed by atoms with Crippen molar-refractivity contribution in [3.8, 4) is 17.1 Å². The Morgan fingerprint density at radius 1 is 1.17 bits per heavy atom. The van der Waals surface area contributed by atoms with Crippen molar-refractivity contribution in [1.82, 2.24) is 19.8 Å². The van der Waals surface area contributed by atoms with Crippen LogP contribution in [0.5, 0.6) is 5.75 Å². The molecule has 3 rings (SSSR count). The first kappa shape index (κ1) is 11.0. The lowest BCUT2D eigenvalue weighted by Gasteiger charge is -2.02. The standard InChI is InChI=1S/C12H9ClN4O/c1-18-9-4-2-3-8(7-9)12-15-14-11-6-5-10(13)16-17(11)12/h2-7H,1H3. The van der Waals surface area contributed by atoms with E-state index in [4.69, 9.17) is 16.3 Å². The summed E-state index contributed by atoms with van der Waals surface area (Å²) in [6, 6.07) is 11.0. The van der Waals surface area contributed by atoms with Crippen molar-refractivity contribution in [3.05, 3.63) is 41.6 Å². The number of benzene rings is 1. The van der Waals surface area contributed by atoms with Crippen molar-refractivity contribution in [2.45, 2.75) is 0 Å². The minimum Gasteiger partial charge on any atom is -0.497 e. The summed E-state index contributed by atoms with van der Waals surface area (Å²) in [5.74, 6) is 1.39. The SMILES string of the molecule is COc1cccc(-c2nnc3ccc(Cl)nn23)c1. The summed E-state index contributed by atoms with van der Waals surface area (Å²) in [6.45, 7) is 0. The third kappa shape index (κ3) is 1.78. The topological polar surface area (TPSA) is 52.3 Å². The highest BCUT2D eigenvalue weighted by Crippen LogP contribution is 2.22. The highest BCUT2D eigenvalue weighted by atomic mass is 35.5. The number of hydrogen-bond donors (Lipinski definition) is 0. The van der Waals surface area contributed by atoms with E-state index in [-0.39, 0.29) is 0 Å². The molecule has 0 radical (unpaired) electrons. The van der Waals surface area contributed by atoms with Gasteiger partial charge in [0, 0.05) is 5.56 Å². The molecule has 0 fully saturated rings. The van der Waals surface area contributed by atoms with E-state index >= 15 is 0 Å². The average Bonchev–Trinajstić information content (AvgIpc) is 2.81. The van der Waals surface area contributed by atoms with Crippen LogP contribution in [0.4, 0.5) is 0 Å². The predicted octanol–water partition coefficient (Wildman–Crippen LogP) is 2.45. The van der Waals surface area contributed by atoms with Gasteiger partial charge in [-0.15, -0.1) is 10.2 Å². The largest absolute Gasteiger partial charge is 0.497 e. The van der Waals surface area contributed by atoms with Crippen LogP contribution < -0.4 is 4.74 Å². The van der Waals surface area contributed by atoms with Gasteiger partial charge in [-0.3, -0.25) is 0 Å². The molecule has 1 aromatic carbocycles. The molecule has 0 aliphatic carbocycles. The summed E-state index contributed by atoms with van der Waals surface area (Å²) in [4.78, 5) is 0. The smallest absolute Gasteiger partial charge is 0.185 e. The fourth-order valence-corrected chi connectivity index (χ4v) is 1.85.